The van der Waals surface area contributed by atoms with E-state index in [1.54, 1.807) is 0 Å². The molecular weight excluding hydrogens is 392 g/mol. The molecule has 4 aliphatic carbocycles. The van der Waals surface area contributed by atoms with Crippen LogP contribution >= 0.6 is 0 Å². The van der Waals surface area contributed by atoms with Gasteiger partial charge in [0.2, 0.25) is 0 Å². The van der Waals surface area contributed by atoms with Gasteiger partial charge in [0.05, 0.1) is 12.0 Å². The van der Waals surface area contributed by atoms with Gasteiger partial charge in [-0.05, 0) is 69.1 Å². The van der Waals surface area contributed by atoms with E-state index in [1.165, 1.54) is 6.08 Å². The van der Waals surface area contributed by atoms with Crippen molar-refractivity contribution in [2.75, 3.05) is 6.61 Å². The van der Waals surface area contributed by atoms with Gasteiger partial charge in [0.1, 0.15) is 11.7 Å². The minimum Gasteiger partial charge on any atom is -0.481 e. The molecule has 3 saturated carbocycles. The fourth-order valence-corrected chi connectivity index (χ4v) is 8.45. The molecule has 0 radical (unpaired) electrons. The Morgan fingerprint density at radius 3 is 2.55 bits per heavy atom. The monoisotopic (exact) mass is 428 g/mol. The Labute approximate surface area is 185 Å². The summed E-state index contributed by atoms with van der Waals surface area (Å²) in [5.74, 6) is -0.153. The number of rotatable bonds is 7. The molecule has 1 N–H and O–H groups in total. The number of carbonyl (C=O) groups excluding carboxylic acids is 2. The lowest BCUT2D eigenvalue weighted by Gasteiger charge is -2.58. The molecule has 0 amide bonds. The normalized spacial score (nSPS) is 42.2. The highest BCUT2D eigenvalue weighted by molar-refractivity contribution is 5.90. The van der Waals surface area contributed by atoms with Crippen molar-refractivity contribution in [3.05, 3.63) is 23.3 Å². The molecule has 3 fully saturated rings. The summed E-state index contributed by atoms with van der Waals surface area (Å²) in [7, 11) is 0. The van der Waals surface area contributed by atoms with Gasteiger partial charge < -0.3 is 14.6 Å². The van der Waals surface area contributed by atoms with Crippen LogP contribution in [-0.2, 0) is 19.1 Å². The highest BCUT2D eigenvalue weighted by atomic mass is 16.5. The fourth-order valence-electron chi connectivity index (χ4n) is 8.45. The molecule has 4 bridgehead atoms. The van der Waals surface area contributed by atoms with Crippen LogP contribution in [0, 0.1) is 45.8 Å². The first-order valence-corrected chi connectivity index (χ1v) is 11.8. The van der Waals surface area contributed by atoms with Crippen LogP contribution in [0.25, 0.3) is 0 Å². The van der Waals surface area contributed by atoms with Gasteiger partial charge in [0.25, 0.3) is 0 Å². The molecule has 0 aromatic rings. The van der Waals surface area contributed by atoms with Crippen molar-refractivity contribution in [2.45, 2.75) is 66.7 Å². The van der Waals surface area contributed by atoms with E-state index in [4.69, 9.17) is 4.74 Å². The Kier molecular flexibility index (Phi) is 5.26. The minimum atomic E-state index is -1.19. The first-order valence-electron chi connectivity index (χ1n) is 11.8. The van der Waals surface area contributed by atoms with Gasteiger partial charge in [-0.15, -0.1) is 0 Å². The number of carboxylic acids is 1. The number of aliphatic carboxylic acids is 1. The standard InChI is InChI=1S/C26H36O5/c1-15(2)10-22(28)31-9-8-24-13-19-17(5)6-7-20(19)25(14-27)12-18(24)11-21(16(3)4)26(24,25)23(29)30/h10-11,14,16-20H,6-9,12-13H2,1-5H3,(H,29,30)/t17-,18+,19-,20-,24-,25+,26-/m1/s1. The Balaban J connectivity index is 1.81. The summed E-state index contributed by atoms with van der Waals surface area (Å²) in [5, 5.41) is 10.9. The molecule has 5 nitrogen and oxygen atoms in total. The average Bonchev–Trinajstić information content (AvgIpc) is 3.24. The molecule has 0 saturated heterocycles. The van der Waals surface area contributed by atoms with Crippen molar-refractivity contribution < 1.29 is 24.2 Å². The number of allylic oxidation sites excluding steroid dienone is 2. The molecule has 170 valence electrons. The average molecular weight is 429 g/mol. The number of hydrogen-bond donors (Lipinski definition) is 1. The molecule has 0 unspecified atom stereocenters. The van der Waals surface area contributed by atoms with Crippen molar-refractivity contribution in [3.63, 3.8) is 0 Å². The first kappa shape index (κ1) is 22.3. The van der Waals surface area contributed by atoms with Crippen LogP contribution in [0.3, 0.4) is 0 Å². The van der Waals surface area contributed by atoms with Crippen LogP contribution in [0.2, 0.25) is 0 Å². The second-order valence-corrected chi connectivity index (χ2v) is 11.1. The zero-order valence-corrected chi connectivity index (χ0v) is 19.4. The van der Waals surface area contributed by atoms with E-state index in [2.05, 4.69) is 13.0 Å². The molecule has 7 atom stereocenters. The maximum Gasteiger partial charge on any atom is 0.330 e. The molecule has 5 heteroatoms. The zero-order chi connectivity index (χ0) is 22.8. The van der Waals surface area contributed by atoms with Crippen LogP contribution in [0.4, 0.5) is 0 Å². The number of esters is 1. The summed E-state index contributed by atoms with van der Waals surface area (Å²) < 4.78 is 5.53. The van der Waals surface area contributed by atoms with E-state index >= 15 is 0 Å². The van der Waals surface area contributed by atoms with Crippen molar-refractivity contribution >= 4 is 18.2 Å². The summed E-state index contributed by atoms with van der Waals surface area (Å²) in [5.41, 5.74) is -0.804. The molecule has 4 rings (SSSR count). The summed E-state index contributed by atoms with van der Waals surface area (Å²) in [4.78, 5) is 38.3. The lowest BCUT2D eigenvalue weighted by molar-refractivity contribution is -0.182. The Morgan fingerprint density at radius 1 is 1.26 bits per heavy atom. The molecule has 0 aromatic carbocycles. The van der Waals surface area contributed by atoms with Crippen LogP contribution < -0.4 is 0 Å². The number of ether oxygens (including phenoxy) is 1. The highest BCUT2D eigenvalue weighted by Gasteiger charge is 2.83. The third kappa shape index (κ3) is 2.64. The highest BCUT2D eigenvalue weighted by Crippen LogP contribution is 2.83. The lowest BCUT2D eigenvalue weighted by Crippen LogP contribution is -2.62. The number of carboxylic acid groups (broad SMARTS) is 1. The number of aldehydes is 1. The van der Waals surface area contributed by atoms with E-state index in [0.29, 0.717) is 24.7 Å². The van der Waals surface area contributed by atoms with Crippen molar-refractivity contribution in [1.82, 2.24) is 0 Å². The van der Waals surface area contributed by atoms with Gasteiger partial charge in [-0.2, -0.15) is 0 Å². The molecule has 31 heavy (non-hydrogen) atoms. The predicted octanol–water partition coefficient (Wildman–Crippen LogP) is 4.81. The predicted molar refractivity (Wildman–Crippen MR) is 117 cm³/mol. The number of fused-ring (bicyclic) bond motifs is 2. The SMILES string of the molecule is CC(C)=CC(=O)OCC[C@@]12C[C@@H]3[C@H](C)CC[C@H]3[C@@]3(C=O)C[C@@H]1C=C(C(C)C)[C@@]23C(=O)O. The van der Waals surface area contributed by atoms with Crippen molar-refractivity contribution in [2.24, 2.45) is 45.8 Å². The van der Waals surface area contributed by atoms with Gasteiger partial charge in [-0.3, -0.25) is 4.79 Å². The topological polar surface area (TPSA) is 80.7 Å². The zero-order valence-electron chi connectivity index (χ0n) is 19.4. The molecule has 0 heterocycles. The summed E-state index contributed by atoms with van der Waals surface area (Å²) >= 11 is 0. The van der Waals surface area contributed by atoms with Crippen LogP contribution in [0.1, 0.15) is 66.7 Å². The molecule has 0 aliphatic heterocycles. The quantitative estimate of drug-likeness (QED) is 0.272. The third-order valence-electron chi connectivity index (χ3n) is 9.32. The van der Waals surface area contributed by atoms with Crippen LogP contribution in [0.15, 0.2) is 23.3 Å². The molecule has 4 aliphatic rings. The van der Waals surface area contributed by atoms with Gasteiger partial charge in [0, 0.05) is 11.5 Å². The van der Waals surface area contributed by atoms with E-state index < -0.39 is 22.2 Å². The van der Waals surface area contributed by atoms with Gasteiger partial charge in [-0.25, -0.2) is 4.79 Å². The largest absolute Gasteiger partial charge is 0.481 e. The summed E-state index contributed by atoms with van der Waals surface area (Å²) in [6.45, 7) is 10.2. The summed E-state index contributed by atoms with van der Waals surface area (Å²) in [6.07, 6.45) is 8.59. The molecule has 0 aromatic heterocycles. The van der Waals surface area contributed by atoms with Gasteiger partial charge >= 0.3 is 11.9 Å². The number of hydrogen-bond acceptors (Lipinski definition) is 4. The lowest BCUT2D eigenvalue weighted by atomic mass is 9.42. The smallest absolute Gasteiger partial charge is 0.330 e. The maximum atomic E-state index is 13.3. The second kappa shape index (κ2) is 7.31. The third-order valence-corrected chi connectivity index (χ3v) is 9.32. The minimum absolute atomic E-state index is 0.0474. The maximum absolute atomic E-state index is 13.3. The summed E-state index contributed by atoms with van der Waals surface area (Å²) in [6, 6.07) is 0. The Morgan fingerprint density at radius 2 is 1.97 bits per heavy atom. The Hall–Kier alpha value is -1.91. The molecule has 0 spiro atoms. The van der Waals surface area contributed by atoms with Gasteiger partial charge in [-0.1, -0.05) is 44.4 Å². The second-order valence-electron chi connectivity index (χ2n) is 11.1. The van der Waals surface area contributed by atoms with Crippen molar-refractivity contribution in [1.29, 1.82) is 0 Å². The van der Waals surface area contributed by atoms with E-state index in [0.717, 1.165) is 36.7 Å². The Bertz CT molecular complexity index is 865. The first-order chi connectivity index (χ1) is 14.6. The van der Waals surface area contributed by atoms with E-state index in [1.807, 2.05) is 27.7 Å². The van der Waals surface area contributed by atoms with Gasteiger partial charge in [0.15, 0.2) is 0 Å². The van der Waals surface area contributed by atoms with Crippen LogP contribution in [0.5, 0.6) is 0 Å². The van der Waals surface area contributed by atoms with Crippen molar-refractivity contribution in [3.8, 4) is 0 Å². The van der Waals surface area contributed by atoms with E-state index in [-0.39, 0.29) is 30.3 Å². The van der Waals surface area contributed by atoms with E-state index in [9.17, 15) is 19.5 Å². The number of carbonyl (C=O) groups is 3. The molecular formula is C26H36O5. The fraction of sp³-hybridized carbons (Fsp3) is 0.731. The van der Waals surface area contributed by atoms with Crippen LogP contribution in [-0.4, -0.2) is 29.9 Å².